The van der Waals surface area contributed by atoms with Crippen LogP contribution in [0.5, 0.6) is 5.75 Å². The fourth-order valence-corrected chi connectivity index (χ4v) is 3.30. The smallest absolute Gasteiger partial charge is 0.339 e. The van der Waals surface area contributed by atoms with Gasteiger partial charge in [-0.25, -0.2) is 9.88 Å². The standard InChI is InChI=1S/C19H18N2O2S/c1-14-13-24-19(20-16-6-4-3-5-7-16)21(14)12-18(22)15-8-10-17(23-2)11-9-15/h3-11,13H,12H2,1-2H3/p+1. The van der Waals surface area contributed by atoms with Gasteiger partial charge in [-0.3, -0.25) is 4.79 Å². The van der Waals surface area contributed by atoms with Crippen molar-refractivity contribution in [2.24, 2.45) is 0 Å². The minimum Gasteiger partial charge on any atom is -0.497 e. The second-order valence-corrected chi connectivity index (χ2v) is 6.27. The number of ether oxygens (including phenoxy) is 1. The molecule has 0 spiro atoms. The fourth-order valence-electron chi connectivity index (χ4n) is 2.38. The van der Waals surface area contributed by atoms with Gasteiger partial charge in [-0.15, -0.1) is 0 Å². The van der Waals surface area contributed by atoms with Gasteiger partial charge in [0.15, 0.2) is 6.54 Å². The number of aromatic nitrogens is 1. The molecule has 0 atom stereocenters. The summed E-state index contributed by atoms with van der Waals surface area (Å²) in [5, 5.41) is 6.37. The number of hydrogen-bond donors (Lipinski definition) is 1. The largest absolute Gasteiger partial charge is 0.497 e. The number of anilines is 2. The van der Waals surface area contributed by atoms with E-state index in [1.165, 1.54) is 0 Å². The highest BCUT2D eigenvalue weighted by atomic mass is 32.1. The van der Waals surface area contributed by atoms with Crippen LogP contribution in [-0.2, 0) is 6.54 Å². The van der Waals surface area contributed by atoms with E-state index in [1.807, 2.05) is 59.3 Å². The van der Waals surface area contributed by atoms with E-state index in [4.69, 9.17) is 4.74 Å². The molecule has 0 fully saturated rings. The van der Waals surface area contributed by atoms with Gasteiger partial charge in [-0.2, -0.15) is 0 Å². The molecule has 4 nitrogen and oxygen atoms in total. The Morgan fingerprint density at radius 1 is 1.12 bits per heavy atom. The van der Waals surface area contributed by atoms with Gasteiger partial charge < -0.3 is 4.74 Å². The lowest BCUT2D eigenvalue weighted by Gasteiger charge is -2.05. The van der Waals surface area contributed by atoms with E-state index in [0.717, 1.165) is 22.3 Å². The molecule has 3 rings (SSSR count). The Hall–Kier alpha value is -2.66. The quantitative estimate of drug-likeness (QED) is 0.546. The number of aryl methyl sites for hydroxylation is 1. The average Bonchev–Trinajstić information content (AvgIpc) is 2.96. The Labute approximate surface area is 145 Å². The van der Waals surface area contributed by atoms with E-state index in [1.54, 1.807) is 30.6 Å². The number of nitrogens with zero attached hydrogens (tertiary/aromatic N) is 1. The highest BCUT2D eigenvalue weighted by Gasteiger charge is 2.19. The summed E-state index contributed by atoms with van der Waals surface area (Å²) in [7, 11) is 1.61. The van der Waals surface area contributed by atoms with Crippen molar-refractivity contribution in [2.45, 2.75) is 13.5 Å². The van der Waals surface area contributed by atoms with Gasteiger partial charge in [0.1, 0.15) is 17.1 Å². The first-order chi connectivity index (χ1) is 11.7. The zero-order valence-corrected chi connectivity index (χ0v) is 14.5. The molecule has 0 aliphatic carbocycles. The third-order valence-electron chi connectivity index (χ3n) is 3.75. The van der Waals surface area contributed by atoms with Gasteiger partial charge in [0.05, 0.1) is 7.11 Å². The molecule has 0 aliphatic heterocycles. The monoisotopic (exact) mass is 339 g/mol. The Morgan fingerprint density at radius 3 is 2.50 bits per heavy atom. The summed E-state index contributed by atoms with van der Waals surface area (Å²) >= 11 is 1.59. The van der Waals surface area contributed by atoms with Crippen molar-refractivity contribution in [3.05, 3.63) is 71.2 Å². The summed E-state index contributed by atoms with van der Waals surface area (Å²) in [5.41, 5.74) is 2.74. The van der Waals surface area contributed by atoms with Crippen molar-refractivity contribution >= 4 is 27.9 Å². The number of carbonyl (C=O) groups excluding carboxylic acids is 1. The van der Waals surface area contributed by atoms with Gasteiger partial charge in [-0.1, -0.05) is 29.5 Å². The van der Waals surface area contributed by atoms with E-state index in [2.05, 4.69) is 5.32 Å². The third kappa shape index (κ3) is 3.63. The summed E-state index contributed by atoms with van der Waals surface area (Å²) in [5.74, 6) is 0.817. The van der Waals surface area contributed by atoms with Crippen molar-refractivity contribution < 1.29 is 14.1 Å². The van der Waals surface area contributed by atoms with Crippen LogP contribution in [-0.4, -0.2) is 12.9 Å². The molecule has 0 aliphatic rings. The maximum Gasteiger partial charge on any atom is 0.339 e. The predicted molar refractivity (Wildman–Crippen MR) is 96.3 cm³/mol. The minimum atomic E-state index is 0.0697. The number of hydrogen-bond acceptors (Lipinski definition) is 4. The predicted octanol–water partition coefficient (Wildman–Crippen LogP) is 3.98. The number of methoxy groups -OCH3 is 1. The molecule has 3 aromatic rings. The molecule has 0 saturated carbocycles. The maximum absolute atomic E-state index is 12.6. The lowest BCUT2D eigenvalue weighted by Crippen LogP contribution is -2.40. The van der Waals surface area contributed by atoms with Gasteiger partial charge in [0.2, 0.25) is 5.78 Å². The number of ketones is 1. The second kappa shape index (κ2) is 7.27. The SMILES string of the molecule is COc1ccc(C(=O)C[n+]2c(C)csc2Nc2ccccc2)cc1. The zero-order valence-electron chi connectivity index (χ0n) is 13.7. The summed E-state index contributed by atoms with van der Waals surface area (Å²) in [4.78, 5) is 12.6. The number of thiazole rings is 1. The lowest BCUT2D eigenvalue weighted by atomic mass is 10.1. The number of carbonyl (C=O) groups is 1. The summed E-state index contributed by atoms with van der Waals surface area (Å²) < 4.78 is 7.14. The maximum atomic E-state index is 12.6. The lowest BCUT2D eigenvalue weighted by molar-refractivity contribution is -0.670. The van der Waals surface area contributed by atoms with Gasteiger partial charge >= 0.3 is 5.13 Å². The number of rotatable bonds is 6. The molecule has 0 radical (unpaired) electrons. The van der Waals surface area contributed by atoms with Crippen LogP contribution < -0.4 is 14.6 Å². The van der Waals surface area contributed by atoms with E-state index >= 15 is 0 Å². The molecule has 1 heterocycles. The molecule has 24 heavy (non-hydrogen) atoms. The molecule has 0 unspecified atom stereocenters. The first-order valence-electron chi connectivity index (χ1n) is 7.64. The van der Waals surface area contributed by atoms with Crippen LogP contribution in [0.1, 0.15) is 16.1 Å². The Kier molecular flexibility index (Phi) is 4.91. The number of nitrogens with one attached hydrogen (secondary N) is 1. The summed E-state index contributed by atoms with van der Waals surface area (Å²) in [6, 6.07) is 17.2. The molecule has 2 aromatic carbocycles. The van der Waals surface area contributed by atoms with Gasteiger partial charge in [0.25, 0.3) is 0 Å². The fraction of sp³-hybridized carbons (Fsp3) is 0.158. The van der Waals surface area contributed by atoms with Crippen LogP contribution >= 0.6 is 11.3 Å². The highest BCUT2D eigenvalue weighted by molar-refractivity contribution is 7.13. The van der Waals surface area contributed by atoms with Crippen molar-refractivity contribution in [1.29, 1.82) is 0 Å². The molecular formula is C19H19N2O2S+. The van der Waals surface area contributed by atoms with Gasteiger partial charge in [-0.05, 0) is 43.3 Å². The molecule has 1 aromatic heterocycles. The van der Waals surface area contributed by atoms with Crippen molar-refractivity contribution in [1.82, 2.24) is 0 Å². The van der Waals surface area contributed by atoms with Crippen LogP contribution in [0.4, 0.5) is 10.8 Å². The number of benzene rings is 2. The molecule has 122 valence electrons. The highest BCUT2D eigenvalue weighted by Crippen LogP contribution is 2.19. The van der Waals surface area contributed by atoms with E-state index < -0.39 is 0 Å². The summed E-state index contributed by atoms with van der Waals surface area (Å²) in [6.45, 7) is 2.31. The molecule has 1 N–H and O–H groups in total. The van der Waals surface area contributed by atoms with Crippen LogP contribution in [0, 0.1) is 6.92 Å². The molecule has 0 saturated heterocycles. The topological polar surface area (TPSA) is 42.2 Å². The molecule has 0 bridgehead atoms. The van der Waals surface area contributed by atoms with Crippen LogP contribution in [0.3, 0.4) is 0 Å². The van der Waals surface area contributed by atoms with E-state index in [-0.39, 0.29) is 5.78 Å². The average molecular weight is 339 g/mol. The van der Waals surface area contributed by atoms with E-state index in [9.17, 15) is 4.79 Å². The minimum absolute atomic E-state index is 0.0697. The summed E-state index contributed by atoms with van der Waals surface area (Å²) in [6.07, 6.45) is 0. The first kappa shape index (κ1) is 16.2. The Balaban J connectivity index is 1.79. The van der Waals surface area contributed by atoms with Crippen molar-refractivity contribution in [2.75, 3.05) is 12.4 Å². The first-order valence-corrected chi connectivity index (χ1v) is 8.52. The van der Waals surface area contributed by atoms with E-state index in [0.29, 0.717) is 12.1 Å². The van der Waals surface area contributed by atoms with Crippen molar-refractivity contribution in [3.8, 4) is 5.75 Å². The normalized spacial score (nSPS) is 10.4. The molecule has 5 heteroatoms. The van der Waals surface area contributed by atoms with Crippen molar-refractivity contribution in [3.63, 3.8) is 0 Å². The second-order valence-electron chi connectivity index (χ2n) is 5.41. The van der Waals surface area contributed by atoms with Crippen LogP contribution in [0.2, 0.25) is 0 Å². The Bertz CT molecular complexity index is 826. The number of para-hydroxylation sites is 1. The van der Waals surface area contributed by atoms with Crippen LogP contribution in [0.25, 0.3) is 0 Å². The third-order valence-corrected chi connectivity index (χ3v) is 4.76. The Morgan fingerprint density at radius 2 is 1.83 bits per heavy atom. The molecular weight excluding hydrogens is 320 g/mol. The zero-order chi connectivity index (χ0) is 16.9. The van der Waals surface area contributed by atoms with Gasteiger partial charge in [0, 0.05) is 10.9 Å². The number of Topliss-reactive ketones (excluding diaryl/α,β-unsaturated/α-hetero) is 1. The van der Waals surface area contributed by atoms with Crippen LogP contribution in [0.15, 0.2) is 60.0 Å². The molecule has 0 amide bonds.